The summed E-state index contributed by atoms with van der Waals surface area (Å²) in [4.78, 5) is 11.6. The Labute approximate surface area is 200 Å². The number of ether oxygens (including phenoxy) is 2. The maximum Gasteiger partial charge on any atom is 0.508 e. The van der Waals surface area contributed by atoms with Crippen LogP contribution < -0.4 is 0 Å². The fraction of sp³-hybridized carbons (Fsp3) is 0.828. The Hall–Kier alpha value is -1.25. The minimum Gasteiger partial charge on any atom is -0.434 e. The molecule has 0 heterocycles. The molecule has 0 saturated heterocycles. The number of unbranched alkanes of at least 4 members (excludes halogenated alkanes) is 16. The Morgan fingerprint density at radius 3 is 1.38 bits per heavy atom. The Balaban J connectivity index is 3.23. The molecule has 0 aliphatic rings. The van der Waals surface area contributed by atoms with Gasteiger partial charge in [-0.05, 0) is 44.9 Å². The van der Waals surface area contributed by atoms with Crippen LogP contribution in [-0.4, -0.2) is 19.4 Å². The van der Waals surface area contributed by atoms with E-state index in [4.69, 9.17) is 9.47 Å². The molecule has 0 amide bonds. The Kier molecular flexibility index (Phi) is 26.7. The van der Waals surface area contributed by atoms with Gasteiger partial charge in [-0.2, -0.15) is 0 Å². The van der Waals surface area contributed by atoms with Gasteiger partial charge in [0, 0.05) is 0 Å². The number of hydrogen-bond acceptors (Lipinski definition) is 3. The van der Waals surface area contributed by atoms with Gasteiger partial charge < -0.3 is 9.47 Å². The van der Waals surface area contributed by atoms with E-state index in [1.54, 1.807) is 0 Å². The second kappa shape index (κ2) is 27.8. The molecule has 0 rings (SSSR count). The molecule has 188 valence electrons. The zero-order chi connectivity index (χ0) is 23.4. The number of allylic oxidation sites excluding steroid dienone is 4. The number of carbonyl (C=O) groups excluding carboxylic acids is 1. The van der Waals surface area contributed by atoms with Crippen molar-refractivity contribution in [3.05, 3.63) is 24.3 Å². The van der Waals surface area contributed by atoms with Crippen LogP contribution in [0.5, 0.6) is 0 Å². The molecule has 0 radical (unpaired) electrons. The summed E-state index contributed by atoms with van der Waals surface area (Å²) in [5, 5.41) is 0. The first-order valence-corrected chi connectivity index (χ1v) is 13.9. The molecule has 0 saturated carbocycles. The second-order valence-corrected chi connectivity index (χ2v) is 9.01. The third kappa shape index (κ3) is 26.8. The Morgan fingerprint density at radius 1 is 0.500 bits per heavy atom. The van der Waals surface area contributed by atoms with E-state index in [9.17, 15) is 4.79 Å². The zero-order valence-electron chi connectivity index (χ0n) is 21.6. The first-order valence-electron chi connectivity index (χ1n) is 13.9. The molecule has 0 aliphatic carbocycles. The van der Waals surface area contributed by atoms with Crippen molar-refractivity contribution < 1.29 is 14.3 Å². The molecule has 0 unspecified atom stereocenters. The van der Waals surface area contributed by atoms with E-state index in [-0.39, 0.29) is 0 Å². The van der Waals surface area contributed by atoms with E-state index in [0.29, 0.717) is 13.2 Å². The quantitative estimate of drug-likeness (QED) is 0.0833. The van der Waals surface area contributed by atoms with Gasteiger partial charge in [0.05, 0.1) is 13.2 Å². The highest BCUT2D eigenvalue weighted by Crippen LogP contribution is 2.10. The third-order valence-corrected chi connectivity index (χ3v) is 5.78. The highest BCUT2D eigenvalue weighted by Gasteiger charge is 2.03. The van der Waals surface area contributed by atoms with E-state index in [1.165, 1.54) is 96.3 Å². The van der Waals surface area contributed by atoms with Crippen LogP contribution in [0.15, 0.2) is 24.3 Å². The van der Waals surface area contributed by atoms with Gasteiger partial charge in [-0.25, -0.2) is 4.79 Å². The monoisotopic (exact) mass is 450 g/mol. The van der Waals surface area contributed by atoms with Gasteiger partial charge in [0.2, 0.25) is 0 Å². The maximum atomic E-state index is 11.6. The average molecular weight is 451 g/mol. The summed E-state index contributed by atoms with van der Waals surface area (Å²) in [6.45, 7) is 5.48. The lowest BCUT2D eigenvalue weighted by Gasteiger charge is -2.06. The highest BCUT2D eigenvalue weighted by atomic mass is 16.7. The van der Waals surface area contributed by atoms with Crippen LogP contribution in [0.3, 0.4) is 0 Å². The van der Waals surface area contributed by atoms with Crippen LogP contribution in [0.1, 0.15) is 142 Å². The SMILES string of the molecule is CCCCC/C=C\C/C=C\CCCCCCCCOC(=O)OCCCCCCCCCC. The normalized spacial score (nSPS) is 11.6. The lowest BCUT2D eigenvalue weighted by molar-refractivity contribution is 0.0529. The maximum absolute atomic E-state index is 11.6. The first-order chi connectivity index (χ1) is 15.8. The fourth-order valence-corrected chi connectivity index (χ4v) is 3.68. The summed E-state index contributed by atoms with van der Waals surface area (Å²) in [5.41, 5.74) is 0. The van der Waals surface area contributed by atoms with Crippen molar-refractivity contribution in [1.82, 2.24) is 0 Å². The molecular weight excluding hydrogens is 396 g/mol. The minimum absolute atomic E-state index is 0.490. The average Bonchev–Trinajstić information content (AvgIpc) is 2.80. The van der Waals surface area contributed by atoms with Gasteiger partial charge >= 0.3 is 6.16 Å². The molecule has 0 fully saturated rings. The zero-order valence-corrected chi connectivity index (χ0v) is 21.6. The predicted octanol–water partition coefficient (Wildman–Crippen LogP) is 10.1. The highest BCUT2D eigenvalue weighted by molar-refractivity contribution is 5.59. The number of carbonyl (C=O) groups is 1. The van der Waals surface area contributed by atoms with Crippen molar-refractivity contribution in [3.63, 3.8) is 0 Å². The molecule has 0 spiro atoms. The van der Waals surface area contributed by atoms with E-state index in [0.717, 1.165) is 32.1 Å². The van der Waals surface area contributed by atoms with Crippen molar-refractivity contribution in [2.75, 3.05) is 13.2 Å². The molecule has 3 nitrogen and oxygen atoms in total. The molecule has 0 aliphatic heterocycles. The number of rotatable bonds is 24. The van der Waals surface area contributed by atoms with Crippen molar-refractivity contribution in [3.8, 4) is 0 Å². The fourth-order valence-electron chi connectivity index (χ4n) is 3.68. The molecule has 0 atom stereocenters. The van der Waals surface area contributed by atoms with Crippen LogP contribution in [0.2, 0.25) is 0 Å². The summed E-state index contributed by atoms with van der Waals surface area (Å²) < 4.78 is 10.3. The standard InChI is InChI=1S/C29H54O3/c1-3-5-7-9-11-13-14-15-16-17-18-19-20-22-24-26-28-32-29(30)31-27-25-23-21-12-10-8-6-4-2/h11,13,15-16H,3-10,12,14,17-28H2,1-2H3/b13-11-,16-15-. The van der Waals surface area contributed by atoms with E-state index >= 15 is 0 Å². The molecule has 0 aromatic carbocycles. The van der Waals surface area contributed by atoms with Crippen LogP contribution in [0.4, 0.5) is 4.79 Å². The van der Waals surface area contributed by atoms with Crippen molar-refractivity contribution in [1.29, 1.82) is 0 Å². The van der Waals surface area contributed by atoms with Gasteiger partial charge in [0.15, 0.2) is 0 Å². The molecule has 3 heteroatoms. The van der Waals surface area contributed by atoms with E-state index in [1.807, 2.05) is 0 Å². The summed E-state index contributed by atoms with van der Waals surface area (Å²) >= 11 is 0. The Bertz CT molecular complexity index is 428. The Morgan fingerprint density at radius 2 is 0.875 bits per heavy atom. The minimum atomic E-state index is -0.490. The van der Waals surface area contributed by atoms with Gasteiger partial charge in [0.25, 0.3) is 0 Å². The lowest BCUT2D eigenvalue weighted by atomic mass is 10.1. The molecule has 0 bridgehead atoms. The van der Waals surface area contributed by atoms with Crippen LogP contribution in [-0.2, 0) is 9.47 Å². The van der Waals surface area contributed by atoms with Crippen molar-refractivity contribution >= 4 is 6.16 Å². The van der Waals surface area contributed by atoms with E-state index in [2.05, 4.69) is 38.2 Å². The largest absolute Gasteiger partial charge is 0.508 e. The van der Waals surface area contributed by atoms with Crippen LogP contribution >= 0.6 is 0 Å². The smallest absolute Gasteiger partial charge is 0.434 e. The van der Waals surface area contributed by atoms with Crippen molar-refractivity contribution in [2.24, 2.45) is 0 Å². The summed E-state index contributed by atoms with van der Waals surface area (Å²) in [5.74, 6) is 0. The molecule has 32 heavy (non-hydrogen) atoms. The van der Waals surface area contributed by atoms with Gasteiger partial charge in [-0.15, -0.1) is 0 Å². The summed E-state index contributed by atoms with van der Waals surface area (Å²) in [6, 6.07) is 0. The molecule has 0 aromatic heterocycles. The second-order valence-electron chi connectivity index (χ2n) is 9.01. The van der Waals surface area contributed by atoms with Crippen LogP contribution in [0.25, 0.3) is 0 Å². The number of hydrogen-bond donors (Lipinski definition) is 0. The molecular formula is C29H54O3. The van der Waals surface area contributed by atoms with E-state index < -0.39 is 6.16 Å². The van der Waals surface area contributed by atoms with Gasteiger partial charge in [-0.1, -0.05) is 122 Å². The summed E-state index contributed by atoms with van der Waals surface area (Å²) in [6.07, 6.45) is 33.3. The molecule has 0 N–H and O–H groups in total. The summed E-state index contributed by atoms with van der Waals surface area (Å²) in [7, 11) is 0. The molecule has 0 aromatic rings. The third-order valence-electron chi connectivity index (χ3n) is 5.78. The van der Waals surface area contributed by atoms with Crippen LogP contribution in [0, 0.1) is 0 Å². The van der Waals surface area contributed by atoms with Gasteiger partial charge in [-0.3, -0.25) is 0 Å². The van der Waals surface area contributed by atoms with Gasteiger partial charge in [0.1, 0.15) is 0 Å². The topological polar surface area (TPSA) is 35.5 Å². The first kappa shape index (κ1) is 30.8. The van der Waals surface area contributed by atoms with Crippen molar-refractivity contribution in [2.45, 2.75) is 142 Å². The predicted molar refractivity (Wildman–Crippen MR) is 139 cm³/mol. The lowest BCUT2D eigenvalue weighted by Crippen LogP contribution is -2.09.